The fourth-order valence-electron chi connectivity index (χ4n) is 5.50. The van der Waals surface area contributed by atoms with Gasteiger partial charge in [0.05, 0.1) is 11.4 Å². The summed E-state index contributed by atoms with van der Waals surface area (Å²) in [6.45, 7) is 7.41. The van der Waals surface area contributed by atoms with Gasteiger partial charge >= 0.3 is 0 Å². The maximum atomic E-state index is 13.5. The molecule has 10 heteroatoms. The van der Waals surface area contributed by atoms with Crippen molar-refractivity contribution in [2.75, 3.05) is 37.0 Å². The summed E-state index contributed by atoms with van der Waals surface area (Å²) in [5.41, 5.74) is 7.78. The Morgan fingerprint density at radius 2 is 1.15 bits per heavy atom. The van der Waals surface area contributed by atoms with Crippen molar-refractivity contribution in [2.24, 2.45) is 0 Å². The molecule has 2 aliphatic rings. The molecule has 0 saturated heterocycles. The molecule has 0 spiro atoms. The fourth-order valence-corrected chi connectivity index (χ4v) is 7.60. The minimum absolute atomic E-state index is 0.100. The van der Waals surface area contributed by atoms with Crippen molar-refractivity contribution in [3.05, 3.63) is 78.7 Å². The third kappa shape index (κ3) is 4.75. The zero-order chi connectivity index (χ0) is 28.0. The number of nitrogens with zero attached hydrogens (tertiary/aromatic N) is 4. The topological polar surface area (TPSA) is 90.5 Å². The van der Waals surface area contributed by atoms with Gasteiger partial charge in [-0.1, -0.05) is 24.3 Å². The molecule has 0 unspecified atom stereocenters. The van der Waals surface area contributed by atoms with E-state index in [0.29, 0.717) is 10.0 Å². The van der Waals surface area contributed by atoms with Gasteiger partial charge in [0, 0.05) is 74.2 Å². The Labute approximate surface area is 242 Å². The summed E-state index contributed by atoms with van der Waals surface area (Å²) in [6, 6.07) is 12.0. The van der Waals surface area contributed by atoms with E-state index >= 15 is 0 Å². The number of carbonyl (C=O) groups excluding carboxylic acids is 2. The van der Waals surface area contributed by atoms with Crippen LogP contribution in [0.2, 0.25) is 0 Å². The van der Waals surface area contributed by atoms with Gasteiger partial charge in [0.25, 0.3) is 11.8 Å². The van der Waals surface area contributed by atoms with Crippen LogP contribution in [0.1, 0.15) is 51.9 Å². The number of thiazole rings is 2. The number of nitrogens with one attached hydrogen (secondary N) is 2. The highest BCUT2D eigenvalue weighted by atomic mass is 32.1. The lowest BCUT2D eigenvalue weighted by Crippen LogP contribution is -2.27. The summed E-state index contributed by atoms with van der Waals surface area (Å²) < 4.78 is 0. The van der Waals surface area contributed by atoms with Gasteiger partial charge in [0.15, 0.2) is 10.0 Å². The smallest absolute Gasteiger partial charge is 0.287 e. The highest BCUT2D eigenvalue weighted by Gasteiger charge is 2.26. The molecule has 0 bridgehead atoms. The van der Waals surface area contributed by atoms with Gasteiger partial charge in [-0.15, -0.1) is 22.7 Å². The van der Waals surface area contributed by atoms with Crippen LogP contribution in [0.4, 0.5) is 11.4 Å². The van der Waals surface area contributed by atoms with E-state index < -0.39 is 0 Å². The number of fused-ring (bicyclic) bond motifs is 2. The molecule has 0 radical (unpaired) electrons. The van der Waals surface area contributed by atoms with Gasteiger partial charge in [-0.25, -0.2) is 9.97 Å². The zero-order valence-corrected chi connectivity index (χ0v) is 24.8. The van der Waals surface area contributed by atoms with Crippen LogP contribution in [0.25, 0.3) is 11.1 Å². The van der Waals surface area contributed by atoms with Crippen molar-refractivity contribution >= 4 is 45.9 Å². The van der Waals surface area contributed by atoms with Crippen LogP contribution in [0.3, 0.4) is 0 Å². The van der Waals surface area contributed by atoms with Crippen LogP contribution < -0.4 is 20.4 Å². The zero-order valence-electron chi connectivity index (χ0n) is 23.1. The SMILES string of the molecule is Cc1c(-c2cccc(N(C)C(=O)c3nc4c(s3)CNCC4)c2C)cccc1N(C)C(=O)c1nc2c(s1)CNCC2. The maximum absolute atomic E-state index is 13.5. The third-order valence-electron chi connectivity index (χ3n) is 7.80. The Balaban J connectivity index is 1.29. The van der Waals surface area contributed by atoms with Crippen molar-refractivity contribution in [2.45, 2.75) is 39.8 Å². The van der Waals surface area contributed by atoms with Crippen LogP contribution in [-0.4, -0.2) is 49.0 Å². The van der Waals surface area contributed by atoms with Crippen molar-refractivity contribution in [3.63, 3.8) is 0 Å². The lowest BCUT2D eigenvalue weighted by Gasteiger charge is -2.23. The molecule has 0 saturated carbocycles. The van der Waals surface area contributed by atoms with Crippen molar-refractivity contribution in [1.82, 2.24) is 20.6 Å². The van der Waals surface area contributed by atoms with E-state index in [4.69, 9.17) is 0 Å². The predicted octanol–water partition coefficient (Wildman–Crippen LogP) is 4.73. The monoisotopic (exact) mass is 572 g/mol. The summed E-state index contributed by atoms with van der Waals surface area (Å²) >= 11 is 2.96. The summed E-state index contributed by atoms with van der Waals surface area (Å²) in [6.07, 6.45) is 1.71. The number of hydrogen-bond acceptors (Lipinski definition) is 8. The molecule has 2 aliphatic heterocycles. The Morgan fingerprint density at radius 1 is 0.725 bits per heavy atom. The number of amides is 2. The summed E-state index contributed by atoms with van der Waals surface area (Å²) in [5, 5.41) is 7.75. The van der Waals surface area contributed by atoms with E-state index in [-0.39, 0.29) is 11.8 Å². The predicted molar refractivity (Wildman–Crippen MR) is 162 cm³/mol. The quantitative estimate of drug-likeness (QED) is 0.360. The minimum atomic E-state index is -0.100. The van der Waals surface area contributed by atoms with E-state index in [1.165, 1.54) is 22.7 Å². The van der Waals surface area contributed by atoms with E-state index in [9.17, 15) is 9.59 Å². The molecule has 2 amide bonds. The molecule has 206 valence electrons. The van der Waals surface area contributed by atoms with Gasteiger partial charge in [-0.2, -0.15) is 0 Å². The van der Waals surface area contributed by atoms with Gasteiger partial charge in [0.1, 0.15) is 0 Å². The molecular weight excluding hydrogens is 541 g/mol. The molecule has 2 N–H and O–H groups in total. The van der Waals surface area contributed by atoms with Crippen LogP contribution >= 0.6 is 22.7 Å². The number of hydrogen-bond donors (Lipinski definition) is 2. The van der Waals surface area contributed by atoms with Gasteiger partial charge in [-0.3, -0.25) is 9.59 Å². The summed E-state index contributed by atoms with van der Waals surface area (Å²) in [4.78, 5) is 41.9. The molecule has 8 nitrogen and oxygen atoms in total. The average molecular weight is 573 g/mol. The molecule has 2 aromatic heterocycles. The molecular formula is C30H32N6O2S2. The highest BCUT2D eigenvalue weighted by molar-refractivity contribution is 7.14. The second-order valence-corrected chi connectivity index (χ2v) is 12.4. The summed E-state index contributed by atoms with van der Waals surface area (Å²) in [5.74, 6) is -0.200. The number of rotatable bonds is 5. The van der Waals surface area contributed by atoms with Gasteiger partial charge in [-0.05, 0) is 48.2 Å². The Bertz CT molecular complexity index is 1460. The Morgan fingerprint density at radius 3 is 1.55 bits per heavy atom. The molecule has 4 heterocycles. The number of aromatic nitrogens is 2. The van der Waals surface area contributed by atoms with Crippen LogP contribution in [0, 0.1) is 13.8 Å². The standard InChI is InChI=1S/C30H32N6O2S2/c1-17-19(7-5-9-23(17)35(3)29(37)27-33-21-11-13-31-15-25(21)39-27)20-8-6-10-24(18(20)2)36(4)30(38)28-34-22-12-14-32-16-26(22)40-28/h5-10,31-32H,11-16H2,1-4H3. The largest absolute Gasteiger partial charge is 0.311 e. The highest BCUT2D eigenvalue weighted by Crippen LogP contribution is 2.37. The van der Waals surface area contributed by atoms with E-state index in [0.717, 1.165) is 93.8 Å². The number of anilines is 2. The molecule has 40 heavy (non-hydrogen) atoms. The Hall–Kier alpha value is -3.44. The first-order valence-corrected chi connectivity index (χ1v) is 15.1. The second kappa shape index (κ2) is 10.9. The van der Waals surface area contributed by atoms with E-state index in [1.54, 1.807) is 9.80 Å². The molecule has 0 fully saturated rings. The molecule has 2 aromatic carbocycles. The first-order chi connectivity index (χ1) is 19.3. The number of benzene rings is 2. The second-order valence-electron chi connectivity index (χ2n) is 10.3. The van der Waals surface area contributed by atoms with Crippen molar-refractivity contribution < 1.29 is 9.59 Å². The average Bonchev–Trinajstić information content (AvgIpc) is 3.61. The first kappa shape index (κ1) is 26.8. The normalized spacial score (nSPS) is 14.4. The van der Waals surface area contributed by atoms with E-state index in [1.807, 2.05) is 52.2 Å². The lowest BCUT2D eigenvalue weighted by molar-refractivity contribution is 0.0984. The molecule has 6 rings (SSSR count). The van der Waals surface area contributed by atoms with Crippen molar-refractivity contribution in [1.29, 1.82) is 0 Å². The maximum Gasteiger partial charge on any atom is 0.287 e. The lowest BCUT2D eigenvalue weighted by atomic mass is 9.94. The first-order valence-electron chi connectivity index (χ1n) is 13.5. The molecule has 0 aliphatic carbocycles. The third-order valence-corrected chi connectivity index (χ3v) is 9.97. The van der Waals surface area contributed by atoms with Crippen LogP contribution in [0.15, 0.2) is 36.4 Å². The van der Waals surface area contributed by atoms with Crippen LogP contribution in [0.5, 0.6) is 0 Å². The summed E-state index contributed by atoms with van der Waals surface area (Å²) in [7, 11) is 3.62. The van der Waals surface area contributed by atoms with Crippen LogP contribution in [-0.2, 0) is 25.9 Å². The molecule has 4 aromatic rings. The molecule has 0 atom stereocenters. The minimum Gasteiger partial charge on any atom is -0.311 e. The fraction of sp³-hybridized carbons (Fsp3) is 0.333. The van der Waals surface area contributed by atoms with Gasteiger partial charge < -0.3 is 20.4 Å². The Kier molecular flexibility index (Phi) is 7.26. The van der Waals surface area contributed by atoms with E-state index in [2.05, 4.69) is 32.7 Å². The van der Waals surface area contributed by atoms with Gasteiger partial charge in [0.2, 0.25) is 0 Å². The van der Waals surface area contributed by atoms with Crippen molar-refractivity contribution in [3.8, 4) is 11.1 Å². The number of carbonyl (C=O) groups is 2.